The summed E-state index contributed by atoms with van der Waals surface area (Å²) in [5.74, 6) is 1.94. The van der Waals surface area contributed by atoms with Crippen LogP contribution in [0.5, 0.6) is 0 Å². The van der Waals surface area contributed by atoms with E-state index in [2.05, 4.69) is 25.5 Å². The first kappa shape index (κ1) is 21.3. The Morgan fingerprint density at radius 3 is 1.96 bits per heavy atom. The molecule has 7 unspecified atom stereocenters. The molecule has 4 aliphatic rings. The lowest BCUT2D eigenvalue weighted by Gasteiger charge is -2.34. The van der Waals surface area contributed by atoms with E-state index in [4.69, 9.17) is 4.74 Å². The van der Waals surface area contributed by atoms with Crippen LogP contribution < -0.4 is 0 Å². The Morgan fingerprint density at radius 2 is 1.57 bits per heavy atom. The van der Waals surface area contributed by atoms with E-state index < -0.39 is 11.9 Å². The van der Waals surface area contributed by atoms with Crippen LogP contribution in [-0.2, 0) is 23.9 Å². The molecule has 158 valence electrons. The molecule has 0 radical (unpaired) electrons. The van der Waals surface area contributed by atoms with Crippen molar-refractivity contribution in [3.05, 3.63) is 0 Å². The fraction of sp³-hybridized carbons (Fsp3) is 0.870. The molecule has 0 spiro atoms. The van der Waals surface area contributed by atoms with Crippen LogP contribution in [0.2, 0.25) is 0 Å². The average Bonchev–Trinajstić information content (AvgIpc) is 3.42. The number of ether oxygens (including phenoxy) is 2. The highest BCUT2D eigenvalue weighted by Gasteiger charge is 2.52. The van der Waals surface area contributed by atoms with Crippen LogP contribution in [0, 0.1) is 41.4 Å². The van der Waals surface area contributed by atoms with Crippen molar-refractivity contribution in [2.45, 2.75) is 85.2 Å². The molecule has 1 aliphatic heterocycles. The van der Waals surface area contributed by atoms with Crippen LogP contribution >= 0.6 is 0 Å². The third-order valence-electron chi connectivity index (χ3n) is 8.37. The lowest BCUT2D eigenvalue weighted by molar-refractivity contribution is -0.168. The summed E-state index contributed by atoms with van der Waals surface area (Å²) in [5.41, 5.74) is -0.103. The van der Waals surface area contributed by atoms with Gasteiger partial charge >= 0.3 is 17.9 Å². The molecule has 1 saturated heterocycles. The fourth-order valence-corrected chi connectivity index (χ4v) is 5.74. The summed E-state index contributed by atoms with van der Waals surface area (Å²) < 4.78 is 10.3. The van der Waals surface area contributed by atoms with Gasteiger partial charge in [-0.2, -0.15) is 0 Å². The monoisotopic (exact) mass is 392 g/mol. The second-order valence-electron chi connectivity index (χ2n) is 9.70. The molecule has 3 saturated carbocycles. The number of esters is 3. The molecule has 5 heteroatoms. The van der Waals surface area contributed by atoms with Crippen LogP contribution in [0.1, 0.15) is 79.6 Å². The summed E-state index contributed by atoms with van der Waals surface area (Å²) in [6.45, 7) is 10.3. The molecule has 1 heterocycles. The maximum atomic E-state index is 12.6. The third-order valence-corrected chi connectivity index (χ3v) is 8.37. The zero-order valence-corrected chi connectivity index (χ0v) is 18.0. The van der Waals surface area contributed by atoms with E-state index >= 15 is 0 Å². The molecular formula is C23H36O5. The maximum Gasteiger partial charge on any atom is 0.317 e. The van der Waals surface area contributed by atoms with Gasteiger partial charge in [0.15, 0.2) is 0 Å². The highest BCUT2D eigenvalue weighted by Crippen LogP contribution is 2.55. The first-order chi connectivity index (χ1) is 13.2. The first-order valence-corrected chi connectivity index (χ1v) is 11.2. The molecular weight excluding hydrogens is 356 g/mol. The van der Waals surface area contributed by atoms with Gasteiger partial charge in [-0.3, -0.25) is 14.4 Å². The SMILES string of the molecule is CC1C(=O)OC(=O)C1C.CCC1(OC(=O)C2CC3CC2C(C)C3C)CCCC1. The van der Waals surface area contributed by atoms with E-state index in [-0.39, 0.29) is 29.3 Å². The Bertz CT molecular complexity index is 600. The van der Waals surface area contributed by atoms with Gasteiger partial charge in [-0.15, -0.1) is 0 Å². The third kappa shape index (κ3) is 3.86. The number of hydrogen-bond donors (Lipinski definition) is 0. The van der Waals surface area contributed by atoms with Gasteiger partial charge in [0, 0.05) is 0 Å². The Balaban J connectivity index is 0.000000211. The van der Waals surface area contributed by atoms with E-state index in [1.54, 1.807) is 13.8 Å². The minimum absolute atomic E-state index is 0.103. The average molecular weight is 393 g/mol. The molecule has 0 amide bonds. The quantitative estimate of drug-likeness (QED) is 0.522. The van der Waals surface area contributed by atoms with Gasteiger partial charge in [0.2, 0.25) is 0 Å². The van der Waals surface area contributed by atoms with Crippen LogP contribution in [0.3, 0.4) is 0 Å². The lowest BCUT2D eigenvalue weighted by atomic mass is 9.75. The molecule has 0 aromatic rings. The van der Waals surface area contributed by atoms with Crippen molar-refractivity contribution in [2.24, 2.45) is 41.4 Å². The van der Waals surface area contributed by atoms with Crippen molar-refractivity contribution >= 4 is 17.9 Å². The highest BCUT2D eigenvalue weighted by molar-refractivity contribution is 5.95. The molecule has 3 aliphatic carbocycles. The molecule has 28 heavy (non-hydrogen) atoms. The van der Waals surface area contributed by atoms with Crippen molar-refractivity contribution < 1.29 is 23.9 Å². The Hall–Kier alpha value is -1.39. The molecule has 0 aromatic heterocycles. The summed E-state index contributed by atoms with van der Waals surface area (Å²) >= 11 is 0. The van der Waals surface area contributed by atoms with Gasteiger partial charge in [-0.05, 0) is 68.6 Å². The number of fused-ring (bicyclic) bond motifs is 2. The number of rotatable bonds is 3. The zero-order valence-electron chi connectivity index (χ0n) is 18.0. The van der Waals surface area contributed by atoms with E-state index in [1.165, 1.54) is 19.3 Å². The van der Waals surface area contributed by atoms with Crippen molar-refractivity contribution in [2.75, 3.05) is 0 Å². The normalized spacial score (nSPS) is 40.8. The van der Waals surface area contributed by atoms with Crippen LogP contribution in [0.25, 0.3) is 0 Å². The molecule has 4 rings (SSSR count). The summed E-state index contributed by atoms with van der Waals surface area (Å²) in [6.07, 6.45) is 7.97. The highest BCUT2D eigenvalue weighted by atomic mass is 16.6. The molecule has 0 N–H and O–H groups in total. The van der Waals surface area contributed by atoms with E-state index in [9.17, 15) is 14.4 Å². The van der Waals surface area contributed by atoms with Crippen LogP contribution in [0.15, 0.2) is 0 Å². The number of hydrogen-bond acceptors (Lipinski definition) is 5. The minimum Gasteiger partial charge on any atom is -0.459 e. The standard InChI is InChI=1S/C17H28O2.C6H8O3/c1-4-17(7-5-6-8-17)19-16(18)15-10-13-9-14(15)12(3)11(13)2;1-3-4(2)6(8)9-5(3)7/h11-15H,4-10H2,1-3H3;3-4H,1-2H3. The predicted octanol–water partition coefficient (Wildman–Crippen LogP) is 4.52. The number of carbonyl (C=O) groups excluding carboxylic acids is 3. The Kier molecular flexibility index (Phi) is 6.21. The van der Waals surface area contributed by atoms with E-state index in [0.717, 1.165) is 37.5 Å². The fourth-order valence-electron chi connectivity index (χ4n) is 5.74. The van der Waals surface area contributed by atoms with Gasteiger partial charge in [0.1, 0.15) is 5.60 Å². The molecule has 0 aromatic carbocycles. The van der Waals surface area contributed by atoms with Gasteiger partial charge < -0.3 is 9.47 Å². The van der Waals surface area contributed by atoms with Gasteiger partial charge in [0.05, 0.1) is 17.8 Å². The predicted molar refractivity (Wildman–Crippen MR) is 105 cm³/mol. The van der Waals surface area contributed by atoms with Crippen LogP contribution in [0.4, 0.5) is 0 Å². The van der Waals surface area contributed by atoms with Crippen molar-refractivity contribution in [3.8, 4) is 0 Å². The summed E-state index contributed by atoms with van der Waals surface area (Å²) in [4.78, 5) is 33.7. The van der Waals surface area contributed by atoms with E-state index in [0.29, 0.717) is 11.8 Å². The smallest absolute Gasteiger partial charge is 0.317 e. The van der Waals surface area contributed by atoms with Crippen LogP contribution in [-0.4, -0.2) is 23.5 Å². The Morgan fingerprint density at radius 1 is 1.00 bits per heavy atom. The first-order valence-electron chi connectivity index (χ1n) is 11.2. The molecule has 4 fully saturated rings. The van der Waals surface area contributed by atoms with Crippen molar-refractivity contribution in [1.29, 1.82) is 0 Å². The summed E-state index contributed by atoms with van der Waals surface area (Å²) in [5, 5.41) is 0. The molecule has 2 bridgehead atoms. The number of carbonyl (C=O) groups is 3. The largest absolute Gasteiger partial charge is 0.459 e. The summed E-state index contributed by atoms with van der Waals surface area (Å²) in [7, 11) is 0. The Labute approximate surface area is 168 Å². The maximum absolute atomic E-state index is 12.6. The second-order valence-corrected chi connectivity index (χ2v) is 9.70. The number of cyclic esters (lactones) is 2. The van der Waals surface area contributed by atoms with Crippen molar-refractivity contribution in [1.82, 2.24) is 0 Å². The van der Waals surface area contributed by atoms with Crippen molar-refractivity contribution in [3.63, 3.8) is 0 Å². The second kappa shape index (κ2) is 8.16. The topological polar surface area (TPSA) is 69.7 Å². The molecule has 7 atom stereocenters. The van der Waals surface area contributed by atoms with Gasteiger partial charge in [-0.1, -0.05) is 34.6 Å². The van der Waals surface area contributed by atoms with Gasteiger partial charge in [0.25, 0.3) is 0 Å². The zero-order chi connectivity index (χ0) is 20.6. The molecule has 5 nitrogen and oxygen atoms in total. The van der Waals surface area contributed by atoms with E-state index in [1.807, 2.05) is 0 Å². The summed E-state index contributed by atoms with van der Waals surface area (Å²) in [6, 6.07) is 0. The lowest BCUT2D eigenvalue weighted by Crippen LogP contribution is -2.37. The van der Waals surface area contributed by atoms with Gasteiger partial charge in [-0.25, -0.2) is 0 Å². The minimum atomic E-state index is -0.396.